The van der Waals surface area contributed by atoms with Crippen LogP contribution < -0.4 is 0 Å². The van der Waals surface area contributed by atoms with Gasteiger partial charge in [0.1, 0.15) is 0 Å². The Labute approximate surface area is 72.0 Å². The quantitative estimate of drug-likeness (QED) is 0.622. The average Bonchev–Trinajstić information content (AvgIpc) is 2.48. The fraction of sp³-hybridized carbons (Fsp3) is 0.333. The van der Waals surface area contributed by atoms with E-state index < -0.39 is 0 Å². The molecule has 0 aliphatic carbocycles. The number of allylic oxidation sites excluding steroid dienone is 1. The molecule has 0 bridgehead atoms. The predicted octanol–water partition coefficient (Wildman–Crippen LogP) is 2.00. The molecule has 0 aliphatic rings. The summed E-state index contributed by atoms with van der Waals surface area (Å²) in [5.41, 5.74) is 0.964. The molecule has 0 N–H and O–H groups in total. The van der Waals surface area contributed by atoms with E-state index in [1.54, 1.807) is 18.6 Å². The zero-order valence-corrected chi connectivity index (χ0v) is 7.23. The van der Waals surface area contributed by atoms with Crippen molar-refractivity contribution in [3.63, 3.8) is 0 Å². The van der Waals surface area contributed by atoms with Crippen LogP contribution in [-0.4, -0.2) is 9.55 Å². The monoisotopic (exact) mass is 161 g/mol. The van der Waals surface area contributed by atoms with Crippen LogP contribution in [0.3, 0.4) is 0 Å². The standard InChI is InChI=1S/C9H11N3/c1-8(2)12-7-11-6-9(12)4-3-5-10/h3-4,6-8H,1-2H3. The minimum atomic E-state index is 0.380. The Hall–Kier alpha value is -1.56. The lowest BCUT2D eigenvalue weighted by molar-refractivity contribution is 0.595. The van der Waals surface area contributed by atoms with Crippen LogP contribution in [0, 0.1) is 11.3 Å². The topological polar surface area (TPSA) is 41.6 Å². The van der Waals surface area contributed by atoms with Crippen molar-refractivity contribution >= 4 is 6.08 Å². The van der Waals surface area contributed by atoms with Gasteiger partial charge in [-0.05, 0) is 19.9 Å². The molecule has 0 fully saturated rings. The van der Waals surface area contributed by atoms with Gasteiger partial charge in [0.05, 0.1) is 24.3 Å². The van der Waals surface area contributed by atoms with E-state index in [-0.39, 0.29) is 0 Å². The summed E-state index contributed by atoms with van der Waals surface area (Å²) in [6.07, 6.45) is 6.72. The SMILES string of the molecule is CC(C)n1cncc1C=CC#N. The molecule has 3 heteroatoms. The van der Waals surface area contributed by atoms with Crippen molar-refractivity contribution in [3.05, 3.63) is 24.3 Å². The molecule has 1 rings (SSSR count). The molecule has 3 nitrogen and oxygen atoms in total. The molecule has 0 atom stereocenters. The molecular formula is C9H11N3. The summed E-state index contributed by atoms with van der Waals surface area (Å²) in [6, 6.07) is 2.33. The third kappa shape index (κ3) is 1.73. The molecule has 1 aromatic rings. The Balaban J connectivity index is 2.93. The zero-order valence-electron chi connectivity index (χ0n) is 7.23. The maximum atomic E-state index is 8.33. The smallest absolute Gasteiger partial charge is 0.0953 e. The second-order valence-corrected chi connectivity index (χ2v) is 2.78. The maximum Gasteiger partial charge on any atom is 0.0953 e. The first-order chi connectivity index (χ1) is 5.75. The molecule has 62 valence electrons. The summed E-state index contributed by atoms with van der Waals surface area (Å²) in [7, 11) is 0. The van der Waals surface area contributed by atoms with Gasteiger partial charge in [-0.25, -0.2) is 4.98 Å². The minimum absolute atomic E-state index is 0.380. The number of nitrogens with zero attached hydrogens (tertiary/aromatic N) is 3. The number of aromatic nitrogens is 2. The lowest BCUT2D eigenvalue weighted by atomic mass is 10.3. The van der Waals surface area contributed by atoms with Gasteiger partial charge < -0.3 is 4.57 Å². The number of rotatable bonds is 2. The van der Waals surface area contributed by atoms with Crippen molar-refractivity contribution in [2.24, 2.45) is 0 Å². The zero-order chi connectivity index (χ0) is 8.97. The molecule has 0 unspecified atom stereocenters. The van der Waals surface area contributed by atoms with Gasteiger partial charge in [0.2, 0.25) is 0 Å². The van der Waals surface area contributed by atoms with Crippen molar-refractivity contribution in [1.82, 2.24) is 9.55 Å². The van der Waals surface area contributed by atoms with E-state index >= 15 is 0 Å². The summed E-state index contributed by atoms with van der Waals surface area (Å²) < 4.78 is 2.01. The van der Waals surface area contributed by atoms with Crippen molar-refractivity contribution in [2.75, 3.05) is 0 Å². The van der Waals surface area contributed by atoms with Crippen LogP contribution in [0.5, 0.6) is 0 Å². The second kappa shape index (κ2) is 3.72. The van der Waals surface area contributed by atoms with E-state index in [2.05, 4.69) is 18.8 Å². The predicted molar refractivity (Wildman–Crippen MR) is 47.3 cm³/mol. The Morgan fingerprint density at radius 1 is 1.67 bits per heavy atom. The van der Waals surface area contributed by atoms with Gasteiger partial charge in [-0.3, -0.25) is 0 Å². The van der Waals surface area contributed by atoms with Crippen molar-refractivity contribution in [1.29, 1.82) is 5.26 Å². The molecule has 0 radical (unpaired) electrons. The molecule has 0 saturated heterocycles. The van der Waals surface area contributed by atoms with Gasteiger partial charge in [0, 0.05) is 12.1 Å². The highest BCUT2D eigenvalue weighted by atomic mass is 15.1. The van der Waals surface area contributed by atoms with Gasteiger partial charge in [-0.15, -0.1) is 0 Å². The first kappa shape index (κ1) is 8.54. The third-order valence-corrected chi connectivity index (χ3v) is 1.58. The van der Waals surface area contributed by atoms with Crippen LogP contribution in [0.25, 0.3) is 6.08 Å². The summed E-state index contributed by atoms with van der Waals surface area (Å²) in [5, 5.41) is 8.33. The third-order valence-electron chi connectivity index (χ3n) is 1.58. The second-order valence-electron chi connectivity index (χ2n) is 2.78. The van der Waals surface area contributed by atoms with E-state index in [0.717, 1.165) is 5.69 Å². The molecule has 1 aromatic heterocycles. The van der Waals surface area contributed by atoms with Crippen LogP contribution in [0.1, 0.15) is 25.6 Å². The Bertz CT molecular complexity index is 315. The van der Waals surface area contributed by atoms with Gasteiger partial charge in [0.15, 0.2) is 0 Å². The average molecular weight is 161 g/mol. The molecular weight excluding hydrogens is 150 g/mol. The summed E-state index contributed by atoms with van der Waals surface area (Å²) in [6.45, 7) is 4.15. The van der Waals surface area contributed by atoms with Crippen LogP contribution in [0.15, 0.2) is 18.6 Å². The van der Waals surface area contributed by atoms with E-state index in [1.807, 2.05) is 10.6 Å². The van der Waals surface area contributed by atoms with Crippen LogP contribution in [0.4, 0.5) is 0 Å². The largest absolute Gasteiger partial charge is 0.329 e. The fourth-order valence-corrected chi connectivity index (χ4v) is 0.998. The lowest BCUT2D eigenvalue weighted by Gasteiger charge is -2.07. The number of nitriles is 1. The minimum Gasteiger partial charge on any atom is -0.329 e. The normalized spacial score (nSPS) is 10.8. The molecule has 1 heterocycles. The highest BCUT2D eigenvalue weighted by Crippen LogP contribution is 2.09. The molecule has 0 aliphatic heterocycles. The molecule has 0 saturated carbocycles. The van der Waals surface area contributed by atoms with Gasteiger partial charge in [-0.1, -0.05) is 0 Å². The van der Waals surface area contributed by atoms with E-state index in [9.17, 15) is 0 Å². The Morgan fingerprint density at radius 2 is 2.42 bits per heavy atom. The lowest BCUT2D eigenvalue weighted by Crippen LogP contribution is -2.00. The van der Waals surface area contributed by atoms with Gasteiger partial charge in [-0.2, -0.15) is 5.26 Å². The highest BCUT2D eigenvalue weighted by Gasteiger charge is 2.00. The highest BCUT2D eigenvalue weighted by molar-refractivity contribution is 5.47. The summed E-state index contributed by atoms with van der Waals surface area (Å²) in [5.74, 6) is 0. The van der Waals surface area contributed by atoms with Crippen LogP contribution >= 0.6 is 0 Å². The van der Waals surface area contributed by atoms with Crippen LogP contribution in [0.2, 0.25) is 0 Å². The molecule has 0 spiro atoms. The van der Waals surface area contributed by atoms with Crippen LogP contribution in [-0.2, 0) is 0 Å². The van der Waals surface area contributed by atoms with E-state index in [0.29, 0.717) is 6.04 Å². The first-order valence-electron chi connectivity index (χ1n) is 3.83. The Morgan fingerprint density at radius 3 is 3.00 bits per heavy atom. The first-order valence-corrected chi connectivity index (χ1v) is 3.83. The van der Waals surface area contributed by atoms with Crippen molar-refractivity contribution in [3.8, 4) is 6.07 Å². The van der Waals surface area contributed by atoms with E-state index in [1.165, 1.54) is 6.08 Å². The number of hydrogen-bond donors (Lipinski definition) is 0. The van der Waals surface area contributed by atoms with Crippen molar-refractivity contribution in [2.45, 2.75) is 19.9 Å². The maximum absolute atomic E-state index is 8.33. The Kier molecular flexibility index (Phi) is 2.65. The summed E-state index contributed by atoms with van der Waals surface area (Å²) >= 11 is 0. The fourth-order valence-electron chi connectivity index (χ4n) is 0.998. The molecule has 0 amide bonds. The van der Waals surface area contributed by atoms with Crippen molar-refractivity contribution < 1.29 is 0 Å². The summed E-state index contributed by atoms with van der Waals surface area (Å²) in [4.78, 5) is 4.00. The number of hydrogen-bond acceptors (Lipinski definition) is 2. The van der Waals surface area contributed by atoms with Gasteiger partial charge >= 0.3 is 0 Å². The molecule has 0 aromatic carbocycles. The number of imidazole rings is 1. The van der Waals surface area contributed by atoms with E-state index in [4.69, 9.17) is 5.26 Å². The van der Waals surface area contributed by atoms with Gasteiger partial charge in [0.25, 0.3) is 0 Å². The molecule has 12 heavy (non-hydrogen) atoms.